The maximum atomic E-state index is 6.06. The Morgan fingerprint density at radius 3 is 2.28 bits per heavy atom. The van der Waals surface area contributed by atoms with Crippen LogP contribution in [0.1, 0.15) is 59.8 Å². The molecule has 108 valence electrons. The van der Waals surface area contributed by atoms with Crippen LogP contribution in [0.5, 0.6) is 0 Å². The summed E-state index contributed by atoms with van der Waals surface area (Å²) in [5.41, 5.74) is 6.06. The van der Waals surface area contributed by atoms with Crippen LogP contribution < -0.4 is 5.73 Å². The van der Waals surface area contributed by atoms with E-state index in [1.165, 1.54) is 45.2 Å². The van der Waals surface area contributed by atoms with E-state index in [4.69, 9.17) is 5.73 Å². The van der Waals surface area contributed by atoms with Crippen LogP contribution in [0.4, 0.5) is 0 Å². The second-order valence-corrected chi connectivity index (χ2v) is 6.35. The van der Waals surface area contributed by atoms with Gasteiger partial charge in [-0.2, -0.15) is 0 Å². The van der Waals surface area contributed by atoms with Gasteiger partial charge in [0.25, 0.3) is 0 Å². The van der Waals surface area contributed by atoms with Gasteiger partial charge in [-0.05, 0) is 50.1 Å². The summed E-state index contributed by atoms with van der Waals surface area (Å²) in [6, 6.07) is 0.617. The smallest absolute Gasteiger partial charge is 0.0246 e. The molecule has 1 aliphatic rings. The van der Waals surface area contributed by atoms with Crippen molar-refractivity contribution in [3.63, 3.8) is 0 Å². The Labute approximate surface area is 114 Å². The zero-order chi connectivity index (χ0) is 13.5. The summed E-state index contributed by atoms with van der Waals surface area (Å²) < 4.78 is 0. The maximum absolute atomic E-state index is 6.06. The van der Waals surface area contributed by atoms with Crippen LogP contribution in [-0.4, -0.2) is 30.6 Å². The second-order valence-electron chi connectivity index (χ2n) is 6.35. The molecule has 0 aromatic rings. The first-order valence-electron chi connectivity index (χ1n) is 8.08. The first-order valence-corrected chi connectivity index (χ1v) is 8.08. The molecule has 18 heavy (non-hydrogen) atoms. The first-order chi connectivity index (χ1) is 8.63. The SMILES string of the molecule is CCC(CC)C(CN)N1CCCC(C(C)C)CC1. The Balaban J connectivity index is 2.59. The molecule has 1 aliphatic heterocycles. The third kappa shape index (κ3) is 4.24. The van der Waals surface area contributed by atoms with Gasteiger partial charge in [0.15, 0.2) is 0 Å². The average molecular weight is 254 g/mol. The maximum Gasteiger partial charge on any atom is 0.0246 e. The van der Waals surface area contributed by atoms with Crippen molar-refractivity contribution in [2.45, 2.75) is 65.8 Å². The lowest BCUT2D eigenvalue weighted by Gasteiger charge is -2.35. The lowest BCUT2D eigenvalue weighted by molar-refractivity contribution is 0.141. The van der Waals surface area contributed by atoms with E-state index < -0.39 is 0 Å². The van der Waals surface area contributed by atoms with Crippen LogP contribution in [0.25, 0.3) is 0 Å². The minimum atomic E-state index is 0.617. The van der Waals surface area contributed by atoms with Gasteiger partial charge in [0.1, 0.15) is 0 Å². The second kappa shape index (κ2) is 8.16. The Morgan fingerprint density at radius 1 is 1.11 bits per heavy atom. The molecule has 1 rings (SSSR count). The molecule has 0 aromatic carbocycles. The van der Waals surface area contributed by atoms with E-state index in [1.807, 2.05) is 0 Å². The summed E-state index contributed by atoms with van der Waals surface area (Å²) in [6.45, 7) is 12.7. The van der Waals surface area contributed by atoms with Gasteiger partial charge in [-0.15, -0.1) is 0 Å². The fourth-order valence-corrected chi connectivity index (χ4v) is 3.62. The summed E-state index contributed by atoms with van der Waals surface area (Å²) in [6.07, 6.45) is 6.67. The van der Waals surface area contributed by atoms with Crippen molar-refractivity contribution in [1.29, 1.82) is 0 Å². The topological polar surface area (TPSA) is 29.3 Å². The average Bonchev–Trinajstić information content (AvgIpc) is 2.61. The molecule has 2 unspecified atom stereocenters. The molecule has 0 aliphatic carbocycles. The molecule has 1 heterocycles. The van der Waals surface area contributed by atoms with Crippen molar-refractivity contribution >= 4 is 0 Å². The van der Waals surface area contributed by atoms with Crippen LogP contribution in [0.3, 0.4) is 0 Å². The van der Waals surface area contributed by atoms with E-state index in [1.54, 1.807) is 0 Å². The van der Waals surface area contributed by atoms with Crippen LogP contribution in [0, 0.1) is 17.8 Å². The minimum Gasteiger partial charge on any atom is -0.329 e. The molecule has 0 radical (unpaired) electrons. The minimum absolute atomic E-state index is 0.617. The summed E-state index contributed by atoms with van der Waals surface area (Å²) in [5.74, 6) is 2.55. The van der Waals surface area contributed by atoms with Crippen molar-refractivity contribution in [3.8, 4) is 0 Å². The predicted molar refractivity (Wildman–Crippen MR) is 80.7 cm³/mol. The molecule has 0 amide bonds. The van der Waals surface area contributed by atoms with E-state index >= 15 is 0 Å². The summed E-state index contributed by atoms with van der Waals surface area (Å²) in [4.78, 5) is 2.69. The lowest BCUT2D eigenvalue weighted by Crippen LogP contribution is -2.46. The van der Waals surface area contributed by atoms with Gasteiger partial charge < -0.3 is 5.73 Å². The van der Waals surface area contributed by atoms with Gasteiger partial charge in [-0.25, -0.2) is 0 Å². The van der Waals surface area contributed by atoms with Crippen LogP contribution in [0.2, 0.25) is 0 Å². The summed E-state index contributed by atoms with van der Waals surface area (Å²) >= 11 is 0. The molecule has 0 spiro atoms. The molecule has 2 N–H and O–H groups in total. The fourth-order valence-electron chi connectivity index (χ4n) is 3.62. The number of nitrogens with zero attached hydrogens (tertiary/aromatic N) is 1. The molecule has 2 atom stereocenters. The number of likely N-dealkylation sites (tertiary alicyclic amines) is 1. The molecule has 0 saturated carbocycles. The van der Waals surface area contributed by atoms with Crippen molar-refractivity contribution in [2.24, 2.45) is 23.5 Å². The highest BCUT2D eigenvalue weighted by atomic mass is 15.2. The van der Waals surface area contributed by atoms with Crippen molar-refractivity contribution < 1.29 is 0 Å². The third-order valence-corrected chi connectivity index (χ3v) is 5.05. The quantitative estimate of drug-likeness (QED) is 0.786. The number of rotatable bonds is 6. The fraction of sp³-hybridized carbons (Fsp3) is 1.00. The van der Waals surface area contributed by atoms with Gasteiger partial charge in [0.2, 0.25) is 0 Å². The highest BCUT2D eigenvalue weighted by Crippen LogP contribution is 2.27. The lowest BCUT2D eigenvalue weighted by atomic mass is 9.89. The van der Waals surface area contributed by atoms with E-state index in [9.17, 15) is 0 Å². The monoisotopic (exact) mass is 254 g/mol. The number of hydrogen-bond donors (Lipinski definition) is 1. The molecule has 2 heteroatoms. The van der Waals surface area contributed by atoms with E-state index in [0.717, 1.165) is 24.3 Å². The molecule has 1 fully saturated rings. The molecule has 1 saturated heterocycles. The van der Waals surface area contributed by atoms with Gasteiger partial charge >= 0.3 is 0 Å². The van der Waals surface area contributed by atoms with Crippen molar-refractivity contribution in [3.05, 3.63) is 0 Å². The van der Waals surface area contributed by atoms with Gasteiger partial charge in [0.05, 0.1) is 0 Å². The van der Waals surface area contributed by atoms with Crippen molar-refractivity contribution in [1.82, 2.24) is 4.90 Å². The summed E-state index contributed by atoms with van der Waals surface area (Å²) in [5, 5.41) is 0. The Hall–Kier alpha value is -0.0800. The number of nitrogens with two attached hydrogens (primary N) is 1. The zero-order valence-electron chi connectivity index (χ0n) is 13.0. The third-order valence-electron chi connectivity index (χ3n) is 5.05. The van der Waals surface area contributed by atoms with Crippen LogP contribution in [-0.2, 0) is 0 Å². The van der Waals surface area contributed by atoms with Crippen molar-refractivity contribution in [2.75, 3.05) is 19.6 Å². The summed E-state index contributed by atoms with van der Waals surface area (Å²) in [7, 11) is 0. The highest BCUT2D eigenvalue weighted by molar-refractivity contribution is 4.82. The van der Waals surface area contributed by atoms with Crippen LogP contribution >= 0.6 is 0 Å². The molecule has 0 bridgehead atoms. The van der Waals surface area contributed by atoms with E-state index in [2.05, 4.69) is 32.6 Å². The van der Waals surface area contributed by atoms with Gasteiger partial charge in [-0.3, -0.25) is 4.90 Å². The molecule has 2 nitrogen and oxygen atoms in total. The van der Waals surface area contributed by atoms with Gasteiger partial charge in [-0.1, -0.05) is 40.5 Å². The normalized spacial score (nSPS) is 24.5. The number of hydrogen-bond acceptors (Lipinski definition) is 2. The highest BCUT2D eigenvalue weighted by Gasteiger charge is 2.27. The van der Waals surface area contributed by atoms with Crippen LogP contribution in [0.15, 0.2) is 0 Å². The molecular formula is C16H34N2. The Kier molecular flexibility index (Phi) is 7.25. The van der Waals surface area contributed by atoms with E-state index in [-0.39, 0.29) is 0 Å². The zero-order valence-corrected chi connectivity index (χ0v) is 13.0. The van der Waals surface area contributed by atoms with Gasteiger partial charge in [0, 0.05) is 12.6 Å². The largest absolute Gasteiger partial charge is 0.329 e. The molecule has 0 aromatic heterocycles. The standard InChI is InChI=1S/C16H34N2/c1-5-14(6-2)16(12-17)18-10-7-8-15(9-11-18)13(3)4/h13-16H,5-12,17H2,1-4H3. The Morgan fingerprint density at radius 2 is 1.78 bits per heavy atom. The first kappa shape index (κ1) is 16.0. The van der Waals surface area contributed by atoms with E-state index in [0.29, 0.717) is 6.04 Å². The molecular weight excluding hydrogens is 220 g/mol. The predicted octanol–water partition coefficient (Wildman–Crippen LogP) is 3.51. The Bertz CT molecular complexity index is 211.